The summed E-state index contributed by atoms with van der Waals surface area (Å²) >= 11 is 0. The van der Waals surface area contributed by atoms with Crippen molar-refractivity contribution < 1.29 is 39.9 Å². The fraction of sp³-hybridized carbons (Fsp3) is 0.591. The number of aliphatic hydroxyl groups excluding tert-OH is 4. The van der Waals surface area contributed by atoms with Crippen LogP contribution in [0.1, 0.15) is 39.2 Å². The molecule has 0 fully saturated rings. The maximum Gasteiger partial charge on any atom is 0.306 e. The van der Waals surface area contributed by atoms with Gasteiger partial charge >= 0.3 is 5.97 Å². The summed E-state index contributed by atoms with van der Waals surface area (Å²) in [5, 5.41) is 54.5. The van der Waals surface area contributed by atoms with Crippen molar-refractivity contribution in [2.24, 2.45) is 11.7 Å². The van der Waals surface area contributed by atoms with Crippen LogP contribution in [0.4, 0.5) is 0 Å². The maximum absolute atomic E-state index is 12.6. The lowest BCUT2D eigenvalue weighted by atomic mass is 9.88. The van der Waals surface area contributed by atoms with E-state index in [1.54, 1.807) is 30.3 Å². The summed E-state index contributed by atoms with van der Waals surface area (Å²) in [5.74, 6) is -2.92. The molecule has 11 nitrogen and oxygen atoms in total. The predicted octanol–water partition coefficient (Wildman–Crippen LogP) is -1.15. The molecule has 0 saturated heterocycles. The van der Waals surface area contributed by atoms with Crippen LogP contribution in [-0.4, -0.2) is 80.3 Å². The largest absolute Gasteiger partial charge is 0.481 e. The fourth-order valence-corrected chi connectivity index (χ4v) is 3.40. The van der Waals surface area contributed by atoms with Crippen LogP contribution in [0.2, 0.25) is 0 Å². The number of amides is 2. The Morgan fingerprint density at radius 1 is 1.03 bits per heavy atom. The van der Waals surface area contributed by atoms with E-state index in [0.717, 1.165) is 0 Å². The van der Waals surface area contributed by atoms with E-state index in [2.05, 4.69) is 10.6 Å². The highest BCUT2D eigenvalue weighted by atomic mass is 35.5. The molecule has 0 unspecified atom stereocenters. The van der Waals surface area contributed by atoms with E-state index in [-0.39, 0.29) is 18.3 Å². The average molecular weight is 506 g/mol. The molecule has 6 atom stereocenters. The van der Waals surface area contributed by atoms with Crippen molar-refractivity contribution in [3.8, 4) is 0 Å². The molecule has 0 heterocycles. The van der Waals surface area contributed by atoms with Crippen LogP contribution in [0, 0.1) is 5.92 Å². The van der Waals surface area contributed by atoms with Gasteiger partial charge in [-0.1, -0.05) is 44.2 Å². The fourth-order valence-electron chi connectivity index (χ4n) is 3.40. The van der Waals surface area contributed by atoms with Crippen LogP contribution >= 0.6 is 12.4 Å². The lowest BCUT2D eigenvalue weighted by Crippen LogP contribution is -2.59. The maximum atomic E-state index is 12.6. The topological polar surface area (TPSA) is 202 Å². The van der Waals surface area contributed by atoms with Gasteiger partial charge in [0.15, 0.2) is 6.10 Å². The first-order chi connectivity index (χ1) is 15.3. The number of hydrogen-bond donors (Lipinski definition) is 8. The molecule has 2 amide bonds. The first kappa shape index (κ1) is 31.7. The third kappa shape index (κ3) is 9.16. The molecule has 12 heteroatoms. The molecule has 1 rings (SSSR count). The molecule has 9 N–H and O–H groups in total. The Kier molecular flexibility index (Phi) is 13.2. The van der Waals surface area contributed by atoms with Crippen molar-refractivity contribution in [1.29, 1.82) is 0 Å². The lowest BCUT2D eigenvalue weighted by Gasteiger charge is -2.33. The van der Waals surface area contributed by atoms with Crippen molar-refractivity contribution in [3.05, 3.63) is 35.9 Å². The molecule has 0 radical (unpaired) electrons. The number of aliphatic carboxylic acids is 1. The van der Waals surface area contributed by atoms with E-state index < -0.39 is 66.7 Å². The minimum atomic E-state index is -2.19. The molecule has 1 aromatic rings. The van der Waals surface area contributed by atoms with Gasteiger partial charge in [0.05, 0.1) is 30.7 Å². The average Bonchev–Trinajstić information content (AvgIpc) is 2.75. The molecule has 0 aromatic heterocycles. The van der Waals surface area contributed by atoms with E-state index in [1.807, 2.05) is 13.8 Å². The Morgan fingerprint density at radius 2 is 1.59 bits per heavy atom. The minimum Gasteiger partial charge on any atom is -0.481 e. The van der Waals surface area contributed by atoms with Gasteiger partial charge in [0.25, 0.3) is 5.91 Å². The summed E-state index contributed by atoms with van der Waals surface area (Å²) in [6.07, 6.45) is -6.39. The molecule has 0 aliphatic rings. The normalized spacial score (nSPS) is 17.3. The van der Waals surface area contributed by atoms with Gasteiger partial charge in [-0.15, -0.1) is 12.4 Å². The number of benzene rings is 1. The van der Waals surface area contributed by atoms with Gasteiger partial charge in [0.2, 0.25) is 5.91 Å². The number of hydrogen-bond acceptors (Lipinski definition) is 8. The predicted molar refractivity (Wildman–Crippen MR) is 126 cm³/mol. The van der Waals surface area contributed by atoms with Crippen LogP contribution in [0.3, 0.4) is 0 Å². The number of carbonyl (C=O) groups is 3. The molecular formula is C22H36ClN3O8. The van der Waals surface area contributed by atoms with Gasteiger partial charge in [-0.3, -0.25) is 14.4 Å². The Labute approximate surface area is 204 Å². The van der Waals surface area contributed by atoms with Gasteiger partial charge in [-0.2, -0.15) is 0 Å². The number of rotatable bonds is 13. The molecule has 0 aliphatic heterocycles. The van der Waals surface area contributed by atoms with E-state index in [1.165, 1.54) is 6.92 Å². The Balaban J connectivity index is 0.0000109. The molecule has 0 spiro atoms. The second kappa shape index (κ2) is 14.2. The van der Waals surface area contributed by atoms with Crippen LogP contribution in [-0.2, 0) is 19.9 Å². The monoisotopic (exact) mass is 505 g/mol. The highest BCUT2D eigenvalue weighted by Gasteiger charge is 2.39. The van der Waals surface area contributed by atoms with Crippen molar-refractivity contribution in [3.63, 3.8) is 0 Å². The van der Waals surface area contributed by atoms with Crippen molar-refractivity contribution in [2.75, 3.05) is 6.61 Å². The standard InChI is InChI=1S/C22H35N3O8.ClH/c1-12(2)9-14(23)20(32)24-15(11-26)17(29)18(30)19(31)21(33)25-22(3,10-16(27)28)13-7-5-4-6-8-13;/h4-8,12,14-15,17-19,26,29-31H,9-11,23H2,1-3H3,(H,24,32)(H,25,33)(H,27,28);1H/t14-,15-,17+,18+,19-,22-;/m0./s1. The molecule has 34 heavy (non-hydrogen) atoms. The van der Waals surface area contributed by atoms with Gasteiger partial charge in [0.1, 0.15) is 12.2 Å². The zero-order valence-electron chi connectivity index (χ0n) is 19.4. The number of carbonyl (C=O) groups excluding carboxylic acids is 2. The summed E-state index contributed by atoms with van der Waals surface area (Å²) in [6.45, 7) is 4.36. The van der Waals surface area contributed by atoms with Crippen molar-refractivity contribution in [2.45, 2.75) is 69.5 Å². The van der Waals surface area contributed by atoms with E-state index in [9.17, 15) is 39.9 Å². The molecule has 1 aromatic carbocycles. The molecule has 0 aliphatic carbocycles. The second-order valence-electron chi connectivity index (χ2n) is 8.72. The summed E-state index contributed by atoms with van der Waals surface area (Å²) in [5.41, 5.74) is 4.79. The molecular weight excluding hydrogens is 470 g/mol. The molecule has 0 bridgehead atoms. The number of carboxylic acids is 1. The second-order valence-corrected chi connectivity index (χ2v) is 8.72. The Bertz CT molecular complexity index is 798. The zero-order valence-corrected chi connectivity index (χ0v) is 20.2. The van der Waals surface area contributed by atoms with Gasteiger partial charge in [0, 0.05) is 0 Å². The van der Waals surface area contributed by atoms with Gasteiger partial charge < -0.3 is 41.9 Å². The highest BCUT2D eigenvalue weighted by molar-refractivity contribution is 5.85. The van der Waals surface area contributed by atoms with E-state index >= 15 is 0 Å². The summed E-state index contributed by atoms with van der Waals surface area (Å²) in [7, 11) is 0. The van der Waals surface area contributed by atoms with Gasteiger partial charge in [-0.25, -0.2) is 0 Å². The Morgan fingerprint density at radius 3 is 2.06 bits per heavy atom. The zero-order chi connectivity index (χ0) is 25.3. The highest BCUT2D eigenvalue weighted by Crippen LogP contribution is 2.25. The number of nitrogens with one attached hydrogen (secondary N) is 2. The Hall–Kier alpha value is -2.28. The molecule has 194 valence electrons. The minimum absolute atomic E-state index is 0. The van der Waals surface area contributed by atoms with Crippen LogP contribution in [0.15, 0.2) is 30.3 Å². The molecule has 0 saturated carbocycles. The number of halogens is 1. The number of aliphatic hydroxyl groups is 4. The van der Waals surface area contributed by atoms with E-state index in [4.69, 9.17) is 5.73 Å². The van der Waals surface area contributed by atoms with Crippen molar-refractivity contribution in [1.82, 2.24) is 10.6 Å². The third-order valence-corrected chi connectivity index (χ3v) is 5.26. The smallest absolute Gasteiger partial charge is 0.306 e. The van der Waals surface area contributed by atoms with Gasteiger partial charge in [-0.05, 0) is 24.8 Å². The van der Waals surface area contributed by atoms with Crippen LogP contribution in [0.5, 0.6) is 0 Å². The van der Waals surface area contributed by atoms with Crippen LogP contribution in [0.25, 0.3) is 0 Å². The van der Waals surface area contributed by atoms with E-state index in [0.29, 0.717) is 12.0 Å². The lowest BCUT2D eigenvalue weighted by molar-refractivity contribution is -0.146. The summed E-state index contributed by atoms with van der Waals surface area (Å²) in [6, 6.07) is 5.87. The SMILES string of the molecule is CC(C)C[C@H](N)C(=O)N[C@@H](CO)[C@@H](O)[C@@H](O)[C@H](O)C(=O)N[C@@](C)(CC(=O)O)c1ccccc1.Cl. The quantitative estimate of drug-likeness (QED) is 0.163. The number of carboxylic acid groups (broad SMARTS) is 1. The first-order valence-corrected chi connectivity index (χ1v) is 10.6. The summed E-state index contributed by atoms with van der Waals surface area (Å²) in [4.78, 5) is 36.2. The van der Waals surface area contributed by atoms with Crippen LogP contribution < -0.4 is 16.4 Å². The van der Waals surface area contributed by atoms with Crippen molar-refractivity contribution >= 4 is 30.2 Å². The third-order valence-electron chi connectivity index (χ3n) is 5.26. The summed E-state index contributed by atoms with van der Waals surface area (Å²) < 4.78 is 0. The first-order valence-electron chi connectivity index (χ1n) is 10.6. The number of nitrogens with two attached hydrogens (primary N) is 1.